The Bertz CT molecular complexity index is 3440. The van der Waals surface area contributed by atoms with E-state index in [0.29, 0.717) is 0 Å². The minimum Gasteiger partial charge on any atom is -0.310 e. The Hall–Kier alpha value is -6.58. The lowest BCUT2D eigenvalue weighted by molar-refractivity contribution is 0.590. The smallest absolute Gasteiger partial charge is 0.253 e. The van der Waals surface area contributed by atoms with Crippen LogP contribution in [0.3, 0.4) is 0 Å². The average Bonchev–Trinajstić information content (AvgIpc) is 3.77. The minimum absolute atomic E-state index is 0.00728. The van der Waals surface area contributed by atoms with Gasteiger partial charge in [0, 0.05) is 38.6 Å². The van der Waals surface area contributed by atoms with Crippen molar-refractivity contribution in [3.05, 3.63) is 174 Å². The average molecular weight is 771 g/mol. The fourth-order valence-corrected chi connectivity index (χ4v) is 10.8. The van der Waals surface area contributed by atoms with Crippen LogP contribution in [-0.4, -0.2) is 15.8 Å². The number of nitrogens with zero attached hydrogens (tertiary/aromatic N) is 2. The molecule has 2 aliphatic heterocycles. The van der Waals surface area contributed by atoms with Crippen LogP contribution in [0.2, 0.25) is 0 Å². The summed E-state index contributed by atoms with van der Waals surface area (Å²) in [6, 6.07) is 60.2. The highest BCUT2D eigenvalue weighted by Gasteiger charge is 2.44. The van der Waals surface area contributed by atoms with Gasteiger partial charge in [-0.3, -0.25) is 0 Å². The summed E-state index contributed by atoms with van der Waals surface area (Å²) < 4.78 is 5.32. The maximum Gasteiger partial charge on any atom is 0.253 e. The van der Waals surface area contributed by atoms with Gasteiger partial charge in [-0.15, -0.1) is 0 Å². The molecule has 60 heavy (non-hydrogen) atoms. The lowest BCUT2D eigenvalue weighted by Gasteiger charge is -2.36. The SMILES string of the molecule is Cc1ccccc1-c1cc2c3c(c1)-n1c4ccc(C(C)(C)C)cc4c4cc(C(C)(C)C)cc(c41)B3c1c3ccccc3cc3c(-c4ccccc4)c(-c4ccccc4)n-2c13. The van der Waals surface area contributed by atoms with E-state index in [1.54, 1.807) is 0 Å². The van der Waals surface area contributed by atoms with Crippen molar-refractivity contribution >= 4 is 66.6 Å². The highest BCUT2D eigenvalue weighted by Crippen LogP contribution is 2.48. The zero-order valence-corrected chi connectivity index (χ0v) is 35.5. The molecule has 0 aliphatic carbocycles. The van der Waals surface area contributed by atoms with Crippen molar-refractivity contribution in [1.29, 1.82) is 0 Å². The molecular weight excluding hydrogens is 723 g/mol. The molecule has 0 unspecified atom stereocenters. The van der Waals surface area contributed by atoms with E-state index in [2.05, 4.69) is 215 Å². The minimum atomic E-state index is -0.0531. The van der Waals surface area contributed by atoms with Crippen LogP contribution in [0.15, 0.2) is 158 Å². The Morgan fingerprint density at radius 2 is 1.08 bits per heavy atom. The summed E-state index contributed by atoms with van der Waals surface area (Å²) in [5, 5.41) is 6.57. The van der Waals surface area contributed by atoms with Crippen LogP contribution in [0.5, 0.6) is 0 Å². The fourth-order valence-electron chi connectivity index (χ4n) is 10.8. The van der Waals surface area contributed by atoms with Crippen molar-refractivity contribution in [2.45, 2.75) is 59.3 Å². The van der Waals surface area contributed by atoms with Crippen LogP contribution in [0.1, 0.15) is 58.2 Å². The van der Waals surface area contributed by atoms with E-state index in [-0.39, 0.29) is 17.5 Å². The molecule has 12 rings (SSSR count). The van der Waals surface area contributed by atoms with Crippen molar-refractivity contribution < 1.29 is 0 Å². The molecule has 0 bridgehead atoms. The summed E-state index contributed by atoms with van der Waals surface area (Å²) in [6.07, 6.45) is 0. The van der Waals surface area contributed by atoms with E-state index in [0.717, 1.165) is 0 Å². The Balaban J connectivity index is 1.36. The molecule has 0 atom stereocenters. The van der Waals surface area contributed by atoms with Crippen LogP contribution < -0.4 is 16.4 Å². The van der Waals surface area contributed by atoms with Crippen molar-refractivity contribution in [2.24, 2.45) is 0 Å². The van der Waals surface area contributed by atoms with Crippen molar-refractivity contribution in [1.82, 2.24) is 9.13 Å². The van der Waals surface area contributed by atoms with Gasteiger partial charge in [-0.2, -0.15) is 0 Å². The first-order chi connectivity index (χ1) is 29.0. The molecule has 0 spiro atoms. The molecule has 4 heterocycles. The van der Waals surface area contributed by atoms with E-state index < -0.39 is 0 Å². The standard InChI is InChI=1S/C57H47BN2/c1-34-18-14-16-24-41(34)38-29-48-52-49(30-38)60-53(36-21-12-9-13-22-36)50(35-19-10-8-11-20-35)45-28-37-23-15-17-25-42(37)51(55(45)60)58(52)46-33-40(57(5,6)7)32-44-43-31-39(56(2,3)4)26-27-47(43)59(48)54(44)46/h8-33H,1-7H3. The van der Waals surface area contributed by atoms with Gasteiger partial charge in [-0.25, -0.2) is 0 Å². The number of hydrogen-bond acceptors (Lipinski definition) is 0. The van der Waals surface area contributed by atoms with Gasteiger partial charge in [0.2, 0.25) is 0 Å². The first-order valence-corrected chi connectivity index (χ1v) is 21.6. The molecule has 2 aromatic heterocycles. The number of rotatable bonds is 3. The van der Waals surface area contributed by atoms with E-state index in [1.165, 1.54) is 121 Å². The number of hydrogen-bond donors (Lipinski definition) is 0. The second kappa shape index (κ2) is 12.2. The molecule has 10 aromatic rings. The lowest BCUT2D eigenvalue weighted by Crippen LogP contribution is -2.60. The molecule has 0 N–H and O–H groups in total. The number of aryl methyl sites for hydroxylation is 1. The van der Waals surface area contributed by atoms with Gasteiger partial charge in [0.05, 0.1) is 16.7 Å². The zero-order valence-electron chi connectivity index (χ0n) is 35.5. The Kier molecular flexibility index (Phi) is 7.22. The van der Waals surface area contributed by atoms with Crippen LogP contribution in [0, 0.1) is 6.92 Å². The molecule has 2 nitrogen and oxygen atoms in total. The second-order valence-electron chi connectivity index (χ2n) is 19.4. The molecule has 0 amide bonds. The first-order valence-electron chi connectivity index (χ1n) is 21.6. The third kappa shape index (κ3) is 4.84. The largest absolute Gasteiger partial charge is 0.310 e. The summed E-state index contributed by atoms with van der Waals surface area (Å²) >= 11 is 0. The van der Waals surface area contributed by atoms with Gasteiger partial charge < -0.3 is 9.13 Å². The van der Waals surface area contributed by atoms with Gasteiger partial charge in [0.25, 0.3) is 6.71 Å². The predicted octanol–water partition coefficient (Wildman–Crippen LogP) is 12.9. The van der Waals surface area contributed by atoms with E-state index in [4.69, 9.17) is 0 Å². The molecule has 288 valence electrons. The summed E-state index contributed by atoms with van der Waals surface area (Å²) in [6.45, 7) is 16.4. The molecule has 0 fully saturated rings. The number of fused-ring (bicyclic) bond motifs is 9. The topological polar surface area (TPSA) is 9.86 Å². The summed E-state index contributed by atoms with van der Waals surface area (Å²) in [7, 11) is 0. The summed E-state index contributed by atoms with van der Waals surface area (Å²) in [5.41, 5.74) is 22.1. The summed E-state index contributed by atoms with van der Waals surface area (Å²) in [4.78, 5) is 0. The highest BCUT2D eigenvalue weighted by molar-refractivity contribution is 7.01. The second-order valence-corrected chi connectivity index (χ2v) is 19.4. The number of benzene rings is 8. The molecule has 3 heteroatoms. The van der Waals surface area contributed by atoms with E-state index in [9.17, 15) is 0 Å². The normalized spacial score (nSPS) is 13.2. The van der Waals surface area contributed by atoms with Gasteiger partial charge >= 0.3 is 0 Å². The van der Waals surface area contributed by atoms with Crippen LogP contribution in [0.25, 0.3) is 88.4 Å². The monoisotopic (exact) mass is 770 g/mol. The quantitative estimate of drug-likeness (QED) is 0.158. The third-order valence-corrected chi connectivity index (χ3v) is 13.7. The molecule has 2 aliphatic rings. The van der Waals surface area contributed by atoms with E-state index >= 15 is 0 Å². The number of aromatic nitrogens is 2. The molecule has 0 saturated heterocycles. The van der Waals surface area contributed by atoms with Crippen molar-refractivity contribution in [3.63, 3.8) is 0 Å². The maximum atomic E-state index is 2.67. The Labute approximate surface area is 352 Å². The van der Waals surface area contributed by atoms with Crippen LogP contribution >= 0.6 is 0 Å². The fraction of sp³-hybridized carbons (Fsp3) is 0.158. The highest BCUT2D eigenvalue weighted by atomic mass is 15.0. The predicted molar refractivity (Wildman–Crippen MR) is 258 cm³/mol. The van der Waals surface area contributed by atoms with Gasteiger partial charge in [-0.05, 0) is 120 Å². The van der Waals surface area contributed by atoms with Gasteiger partial charge in [0.1, 0.15) is 0 Å². The maximum absolute atomic E-state index is 2.67. The van der Waals surface area contributed by atoms with E-state index in [1.807, 2.05) is 0 Å². The van der Waals surface area contributed by atoms with Crippen LogP contribution in [0.4, 0.5) is 0 Å². The molecule has 0 radical (unpaired) electrons. The first kappa shape index (κ1) is 35.4. The Morgan fingerprint density at radius 3 is 1.80 bits per heavy atom. The van der Waals surface area contributed by atoms with Gasteiger partial charge in [-0.1, -0.05) is 163 Å². The van der Waals surface area contributed by atoms with Crippen molar-refractivity contribution in [2.75, 3.05) is 0 Å². The van der Waals surface area contributed by atoms with Crippen molar-refractivity contribution in [3.8, 4) is 44.9 Å². The van der Waals surface area contributed by atoms with Crippen LogP contribution in [-0.2, 0) is 10.8 Å². The third-order valence-electron chi connectivity index (χ3n) is 13.7. The zero-order chi connectivity index (χ0) is 40.8. The molecular formula is C57H47BN2. The van der Waals surface area contributed by atoms with Gasteiger partial charge in [0.15, 0.2) is 0 Å². The lowest BCUT2D eigenvalue weighted by atomic mass is 9.33. The molecule has 8 aromatic carbocycles. The summed E-state index contributed by atoms with van der Waals surface area (Å²) in [5.74, 6) is 0. The Morgan fingerprint density at radius 1 is 0.450 bits per heavy atom. The molecule has 0 saturated carbocycles.